The molecule has 0 radical (unpaired) electrons. The molecule has 2 atom stereocenters. The van der Waals surface area contributed by atoms with Crippen molar-refractivity contribution in [1.82, 2.24) is 0 Å². The second kappa shape index (κ2) is 3.68. The van der Waals surface area contributed by atoms with Gasteiger partial charge in [0.15, 0.2) is 0 Å². The molecule has 0 heterocycles. The molecule has 0 aromatic heterocycles. The highest BCUT2D eigenvalue weighted by atomic mass is 16.3. The van der Waals surface area contributed by atoms with Gasteiger partial charge in [0.2, 0.25) is 0 Å². The van der Waals surface area contributed by atoms with Crippen molar-refractivity contribution in [2.24, 2.45) is 5.92 Å². The Labute approximate surface area is 95.8 Å². The summed E-state index contributed by atoms with van der Waals surface area (Å²) in [6.45, 7) is 6.20. The fraction of sp³-hybridized carbons (Fsp3) is 0.357. The average Bonchev–Trinajstić information content (AvgIpc) is 2.50. The summed E-state index contributed by atoms with van der Waals surface area (Å²) in [5.41, 5.74) is 4.25. The summed E-state index contributed by atoms with van der Waals surface area (Å²) >= 11 is 0. The number of phenols is 1. The number of hydrogen-bond acceptors (Lipinski definition) is 2. The van der Waals surface area contributed by atoms with Crippen LogP contribution in [0.4, 0.5) is 0 Å². The second-order valence-corrected chi connectivity index (χ2v) is 4.48. The first-order valence-electron chi connectivity index (χ1n) is 5.50. The number of benzene rings is 1. The highest BCUT2D eigenvalue weighted by molar-refractivity contribution is 5.80. The summed E-state index contributed by atoms with van der Waals surface area (Å²) < 4.78 is 0. The minimum absolute atomic E-state index is 0.309. The van der Waals surface area contributed by atoms with Gasteiger partial charge >= 0.3 is 0 Å². The predicted octanol–water partition coefficient (Wildman–Crippen LogP) is 3.36. The summed E-state index contributed by atoms with van der Waals surface area (Å²) in [4.78, 5) is 0. The van der Waals surface area contributed by atoms with Crippen LogP contribution < -0.4 is 0 Å². The number of phenolic OH excluding ortho intramolecular Hbond substituents is 1. The maximum Gasteiger partial charge on any atom is 0.119 e. The lowest BCUT2D eigenvalue weighted by Gasteiger charge is -2.09. The van der Waals surface area contributed by atoms with Gasteiger partial charge in [-0.05, 0) is 47.1 Å². The molecular formula is C14H15NO. The number of nitriles is 1. The lowest BCUT2D eigenvalue weighted by Crippen LogP contribution is -1.97. The Hall–Kier alpha value is -1.75. The van der Waals surface area contributed by atoms with Crippen LogP contribution in [0.2, 0.25) is 0 Å². The van der Waals surface area contributed by atoms with Crippen LogP contribution in [0, 0.1) is 24.2 Å². The van der Waals surface area contributed by atoms with Crippen LogP contribution in [0.5, 0.6) is 5.75 Å². The van der Waals surface area contributed by atoms with Crippen LogP contribution >= 0.6 is 0 Å². The van der Waals surface area contributed by atoms with Gasteiger partial charge in [-0.2, -0.15) is 5.26 Å². The van der Waals surface area contributed by atoms with Gasteiger partial charge < -0.3 is 5.11 Å². The first-order chi connectivity index (χ1) is 7.57. The van der Waals surface area contributed by atoms with Crippen LogP contribution in [-0.4, -0.2) is 5.11 Å². The highest BCUT2D eigenvalue weighted by Crippen LogP contribution is 2.48. The normalized spacial score (nSPS) is 25.5. The molecule has 0 bridgehead atoms. The van der Waals surface area contributed by atoms with E-state index in [9.17, 15) is 5.11 Å². The first-order valence-corrected chi connectivity index (χ1v) is 5.50. The first kappa shape index (κ1) is 10.8. The zero-order valence-electron chi connectivity index (χ0n) is 9.78. The van der Waals surface area contributed by atoms with Crippen molar-refractivity contribution >= 4 is 5.57 Å². The maximum absolute atomic E-state index is 9.73. The van der Waals surface area contributed by atoms with E-state index in [1.54, 1.807) is 12.1 Å². The lowest BCUT2D eigenvalue weighted by molar-refractivity contribution is 0.470. The Morgan fingerprint density at radius 1 is 1.31 bits per heavy atom. The Morgan fingerprint density at radius 2 is 2.00 bits per heavy atom. The summed E-state index contributed by atoms with van der Waals surface area (Å²) in [7, 11) is 0. The van der Waals surface area contributed by atoms with Crippen LogP contribution in [0.1, 0.15) is 36.5 Å². The molecule has 0 amide bonds. The third-order valence-corrected chi connectivity index (χ3v) is 3.71. The van der Waals surface area contributed by atoms with E-state index in [1.165, 1.54) is 5.56 Å². The number of allylic oxidation sites excluding steroid dienone is 2. The molecule has 1 aliphatic rings. The number of rotatable bonds is 0. The predicted molar refractivity (Wildman–Crippen MR) is 64.0 cm³/mol. The van der Waals surface area contributed by atoms with Crippen LogP contribution in [0.15, 0.2) is 18.2 Å². The quantitative estimate of drug-likeness (QED) is 0.671. The van der Waals surface area contributed by atoms with E-state index in [-0.39, 0.29) is 0 Å². The SMILES string of the molecule is Cc1c(O)ccc2c1/C(=C/C#N)C(C)C2C. The molecule has 16 heavy (non-hydrogen) atoms. The molecule has 1 aliphatic carbocycles. The molecule has 2 unspecified atom stereocenters. The Balaban J connectivity index is 2.73. The summed E-state index contributed by atoms with van der Waals surface area (Å²) in [6, 6.07) is 5.82. The molecule has 2 rings (SSSR count). The zero-order chi connectivity index (χ0) is 11.9. The third kappa shape index (κ3) is 1.32. The second-order valence-electron chi connectivity index (χ2n) is 4.48. The van der Waals surface area contributed by atoms with Crippen LogP contribution in [0.25, 0.3) is 5.57 Å². The van der Waals surface area contributed by atoms with E-state index >= 15 is 0 Å². The minimum atomic E-state index is 0.309. The van der Waals surface area contributed by atoms with Crippen LogP contribution in [0.3, 0.4) is 0 Å². The lowest BCUT2D eigenvalue weighted by atomic mass is 9.94. The topological polar surface area (TPSA) is 44.0 Å². The smallest absolute Gasteiger partial charge is 0.119 e. The van der Waals surface area contributed by atoms with Crippen molar-refractivity contribution in [3.05, 3.63) is 34.9 Å². The molecule has 1 aromatic carbocycles. The number of hydrogen-bond donors (Lipinski definition) is 1. The summed E-state index contributed by atoms with van der Waals surface area (Å²) in [5, 5.41) is 18.6. The van der Waals surface area contributed by atoms with Gasteiger partial charge in [-0.3, -0.25) is 0 Å². The van der Waals surface area contributed by atoms with Gasteiger partial charge in [0, 0.05) is 6.08 Å². The molecule has 0 saturated carbocycles. The summed E-state index contributed by atoms with van der Waals surface area (Å²) in [6.07, 6.45) is 1.61. The van der Waals surface area contributed by atoms with Crippen molar-refractivity contribution in [1.29, 1.82) is 5.26 Å². The highest BCUT2D eigenvalue weighted by Gasteiger charge is 2.32. The molecule has 0 fully saturated rings. The molecule has 1 N–H and O–H groups in total. The largest absolute Gasteiger partial charge is 0.508 e. The molecule has 82 valence electrons. The van der Waals surface area contributed by atoms with Crippen molar-refractivity contribution in [2.75, 3.05) is 0 Å². The standard InChI is InChI=1S/C14H15NO/c1-8-9(2)12(6-7-15)14-10(3)13(16)5-4-11(8)14/h4-6,8-9,16H,1-3H3/b12-6+. The average molecular weight is 213 g/mol. The third-order valence-electron chi connectivity index (χ3n) is 3.71. The Morgan fingerprint density at radius 3 is 2.62 bits per heavy atom. The Bertz CT molecular complexity index is 508. The molecule has 2 heteroatoms. The van der Waals surface area contributed by atoms with Gasteiger partial charge in [0.1, 0.15) is 5.75 Å². The Kier molecular flexibility index (Phi) is 2.47. The maximum atomic E-state index is 9.73. The van der Waals surface area contributed by atoms with Gasteiger partial charge in [-0.15, -0.1) is 0 Å². The van der Waals surface area contributed by atoms with Gasteiger partial charge in [0.05, 0.1) is 6.07 Å². The van der Waals surface area contributed by atoms with Crippen LogP contribution in [-0.2, 0) is 0 Å². The van der Waals surface area contributed by atoms with E-state index in [2.05, 4.69) is 19.9 Å². The fourth-order valence-corrected chi connectivity index (χ4v) is 2.52. The molecule has 2 nitrogen and oxygen atoms in total. The molecule has 0 saturated heterocycles. The van der Waals surface area contributed by atoms with E-state index in [0.717, 1.165) is 16.7 Å². The molecule has 1 aromatic rings. The van der Waals surface area contributed by atoms with Gasteiger partial charge in [-0.1, -0.05) is 19.9 Å². The van der Waals surface area contributed by atoms with E-state index in [1.807, 2.05) is 13.0 Å². The number of aromatic hydroxyl groups is 1. The minimum Gasteiger partial charge on any atom is -0.508 e. The molecule has 0 aliphatic heterocycles. The number of nitrogens with zero attached hydrogens (tertiary/aromatic N) is 1. The van der Waals surface area contributed by atoms with Crippen molar-refractivity contribution in [3.8, 4) is 11.8 Å². The van der Waals surface area contributed by atoms with E-state index in [0.29, 0.717) is 17.6 Å². The summed E-state index contributed by atoms with van der Waals surface area (Å²) in [5.74, 6) is 1.06. The zero-order valence-corrected chi connectivity index (χ0v) is 9.78. The van der Waals surface area contributed by atoms with Gasteiger partial charge in [0.25, 0.3) is 0 Å². The fourth-order valence-electron chi connectivity index (χ4n) is 2.52. The molecular weight excluding hydrogens is 198 g/mol. The number of fused-ring (bicyclic) bond motifs is 1. The monoisotopic (exact) mass is 213 g/mol. The van der Waals surface area contributed by atoms with E-state index in [4.69, 9.17) is 5.26 Å². The van der Waals surface area contributed by atoms with Crippen molar-refractivity contribution in [3.63, 3.8) is 0 Å². The van der Waals surface area contributed by atoms with Crippen molar-refractivity contribution in [2.45, 2.75) is 26.7 Å². The molecule has 0 spiro atoms. The van der Waals surface area contributed by atoms with Crippen molar-refractivity contribution < 1.29 is 5.11 Å². The van der Waals surface area contributed by atoms with Gasteiger partial charge in [-0.25, -0.2) is 0 Å². The van der Waals surface area contributed by atoms with E-state index < -0.39 is 0 Å².